The van der Waals surface area contributed by atoms with E-state index in [1.165, 1.54) is 0 Å². The summed E-state index contributed by atoms with van der Waals surface area (Å²) >= 11 is 0. The molecule has 1 heterocycles. The molecule has 2 nitrogen and oxygen atoms in total. The van der Waals surface area contributed by atoms with Gasteiger partial charge >= 0.3 is 0 Å². The Balaban J connectivity index is 2.96. The van der Waals surface area contributed by atoms with Crippen LogP contribution in [0.1, 0.15) is 20.8 Å². The predicted molar refractivity (Wildman–Crippen MR) is 52.0 cm³/mol. The lowest BCUT2D eigenvalue weighted by Crippen LogP contribution is -2.42. The zero-order valence-electron chi connectivity index (χ0n) is 8.12. The van der Waals surface area contributed by atoms with Crippen molar-refractivity contribution in [2.75, 3.05) is 6.54 Å². The molecule has 1 aromatic heterocycles. The molecule has 12 heavy (non-hydrogen) atoms. The average molecular weight is 166 g/mol. The van der Waals surface area contributed by atoms with E-state index < -0.39 is 0 Å². The topological polar surface area (TPSA) is 30.9 Å². The van der Waals surface area contributed by atoms with Gasteiger partial charge in [-0.15, -0.1) is 0 Å². The molecule has 0 aliphatic carbocycles. The van der Waals surface area contributed by atoms with E-state index in [2.05, 4.69) is 37.7 Å². The number of rotatable bonds is 3. The Morgan fingerprint density at radius 2 is 1.83 bits per heavy atom. The van der Waals surface area contributed by atoms with Crippen molar-refractivity contribution in [2.24, 2.45) is 11.7 Å². The van der Waals surface area contributed by atoms with E-state index in [1.807, 2.05) is 12.1 Å². The number of hydrogen-bond acceptors (Lipinski definition) is 1. The monoisotopic (exact) mass is 166 g/mol. The van der Waals surface area contributed by atoms with Crippen LogP contribution in [0.2, 0.25) is 0 Å². The Bertz CT molecular complexity index is 226. The van der Waals surface area contributed by atoms with Gasteiger partial charge in [0.05, 0.1) is 5.54 Å². The van der Waals surface area contributed by atoms with Crippen LogP contribution < -0.4 is 5.73 Å². The fourth-order valence-electron chi connectivity index (χ4n) is 1.31. The third kappa shape index (κ3) is 1.39. The number of nitrogens with two attached hydrogens (primary N) is 1. The Morgan fingerprint density at radius 3 is 2.17 bits per heavy atom. The van der Waals surface area contributed by atoms with Gasteiger partial charge in [-0.3, -0.25) is 0 Å². The van der Waals surface area contributed by atoms with E-state index >= 15 is 0 Å². The molecule has 2 N–H and O–H groups in total. The molecule has 0 radical (unpaired) electrons. The van der Waals surface area contributed by atoms with E-state index in [0.29, 0.717) is 12.5 Å². The van der Waals surface area contributed by atoms with Gasteiger partial charge in [-0.1, -0.05) is 13.8 Å². The largest absolute Gasteiger partial charge is 0.347 e. The lowest BCUT2D eigenvalue weighted by Gasteiger charge is -2.34. The van der Waals surface area contributed by atoms with Gasteiger partial charge in [0.2, 0.25) is 0 Å². The van der Waals surface area contributed by atoms with E-state index in [1.54, 1.807) is 0 Å². The lowest BCUT2D eigenvalue weighted by molar-refractivity contribution is 0.231. The normalized spacial score (nSPS) is 16.4. The maximum Gasteiger partial charge on any atom is 0.0556 e. The Hall–Kier alpha value is -0.760. The zero-order chi connectivity index (χ0) is 9.19. The average Bonchev–Trinajstić information content (AvgIpc) is 2.54. The summed E-state index contributed by atoms with van der Waals surface area (Å²) in [6.07, 6.45) is 4.15. The summed E-state index contributed by atoms with van der Waals surface area (Å²) in [5, 5.41) is 0. The van der Waals surface area contributed by atoms with Gasteiger partial charge in [-0.2, -0.15) is 0 Å². The third-order valence-corrected chi connectivity index (χ3v) is 2.85. The van der Waals surface area contributed by atoms with Crippen LogP contribution in [0.4, 0.5) is 0 Å². The van der Waals surface area contributed by atoms with Gasteiger partial charge in [-0.05, 0) is 25.0 Å². The zero-order valence-corrected chi connectivity index (χ0v) is 8.12. The second-order valence-corrected chi connectivity index (χ2v) is 3.81. The van der Waals surface area contributed by atoms with Crippen LogP contribution in [-0.2, 0) is 5.54 Å². The number of aromatic nitrogens is 1. The smallest absolute Gasteiger partial charge is 0.0556 e. The maximum absolute atomic E-state index is 5.78. The highest BCUT2D eigenvalue weighted by molar-refractivity contribution is 4.99. The first-order valence-corrected chi connectivity index (χ1v) is 4.45. The number of nitrogens with zero attached hydrogens (tertiary/aromatic N) is 1. The maximum atomic E-state index is 5.78. The molecule has 0 aromatic carbocycles. The van der Waals surface area contributed by atoms with Crippen molar-refractivity contribution in [3.63, 3.8) is 0 Å². The van der Waals surface area contributed by atoms with Crippen LogP contribution in [0.15, 0.2) is 24.5 Å². The van der Waals surface area contributed by atoms with Gasteiger partial charge in [0, 0.05) is 18.9 Å². The first-order chi connectivity index (χ1) is 5.61. The number of hydrogen-bond donors (Lipinski definition) is 1. The van der Waals surface area contributed by atoms with Crippen molar-refractivity contribution in [3.8, 4) is 0 Å². The standard InChI is InChI=1S/C10H18N2/c1-9(2)10(3,8-11)12-6-4-5-7-12/h4-7,9H,8,11H2,1-3H3. The minimum absolute atomic E-state index is 0.0590. The van der Waals surface area contributed by atoms with E-state index in [-0.39, 0.29) is 5.54 Å². The van der Waals surface area contributed by atoms with Crippen molar-refractivity contribution in [1.82, 2.24) is 4.57 Å². The van der Waals surface area contributed by atoms with Crippen molar-refractivity contribution in [3.05, 3.63) is 24.5 Å². The second kappa shape index (κ2) is 3.31. The predicted octanol–water partition coefficient (Wildman–Crippen LogP) is 1.82. The van der Waals surface area contributed by atoms with Crippen LogP contribution in [0.25, 0.3) is 0 Å². The highest BCUT2D eigenvalue weighted by Gasteiger charge is 2.27. The Kier molecular flexibility index (Phi) is 2.58. The Labute approximate surface area is 74.4 Å². The summed E-state index contributed by atoms with van der Waals surface area (Å²) in [7, 11) is 0. The first kappa shape index (κ1) is 9.33. The minimum atomic E-state index is 0.0590. The van der Waals surface area contributed by atoms with E-state index in [0.717, 1.165) is 0 Å². The van der Waals surface area contributed by atoms with Gasteiger partial charge in [0.1, 0.15) is 0 Å². The highest BCUT2D eigenvalue weighted by Crippen LogP contribution is 2.24. The summed E-state index contributed by atoms with van der Waals surface area (Å²) in [5.41, 5.74) is 5.84. The van der Waals surface area contributed by atoms with Crippen LogP contribution in [-0.4, -0.2) is 11.1 Å². The Morgan fingerprint density at radius 1 is 1.33 bits per heavy atom. The molecule has 0 amide bonds. The van der Waals surface area contributed by atoms with Crippen molar-refractivity contribution in [1.29, 1.82) is 0 Å². The van der Waals surface area contributed by atoms with Crippen LogP contribution >= 0.6 is 0 Å². The second-order valence-electron chi connectivity index (χ2n) is 3.81. The van der Waals surface area contributed by atoms with E-state index in [4.69, 9.17) is 5.73 Å². The van der Waals surface area contributed by atoms with Gasteiger partial charge in [0.15, 0.2) is 0 Å². The summed E-state index contributed by atoms with van der Waals surface area (Å²) in [4.78, 5) is 0. The summed E-state index contributed by atoms with van der Waals surface area (Å²) in [6, 6.07) is 4.08. The van der Waals surface area contributed by atoms with Crippen molar-refractivity contribution < 1.29 is 0 Å². The molecular weight excluding hydrogens is 148 g/mol. The molecule has 0 saturated heterocycles. The van der Waals surface area contributed by atoms with Gasteiger partial charge in [0.25, 0.3) is 0 Å². The first-order valence-electron chi connectivity index (χ1n) is 4.45. The summed E-state index contributed by atoms with van der Waals surface area (Å²) < 4.78 is 2.19. The summed E-state index contributed by atoms with van der Waals surface area (Å²) in [5.74, 6) is 0.551. The van der Waals surface area contributed by atoms with Gasteiger partial charge in [-0.25, -0.2) is 0 Å². The third-order valence-electron chi connectivity index (χ3n) is 2.85. The van der Waals surface area contributed by atoms with E-state index in [9.17, 15) is 0 Å². The van der Waals surface area contributed by atoms with Crippen LogP contribution in [0.3, 0.4) is 0 Å². The van der Waals surface area contributed by atoms with Gasteiger partial charge < -0.3 is 10.3 Å². The quantitative estimate of drug-likeness (QED) is 0.729. The highest BCUT2D eigenvalue weighted by atomic mass is 15.1. The molecule has 1 atom stereocenters. The molecule has 1 aromatic rings. The molecular formula is C10H18N2. The molecule has 68 valence electrons. The van der Waals surface area contributed by atoms with Crippen LogP contribution in [0, 0.1) is 5.92 Å². The van der Waals surface area contributed by atoms with Crippen molar-refractivity contribution in [2.45, 2.75) is 26.3 Å². The molecule has 0 spiro atoms. The molecule has 0 bridgehead atoms. The molecule has 1 rings (SSSR count). The fourth-order valence-corrected chi connectivity index (χ4v) is 1.31. The molecule has 0 aliphatic heterocycles. The molecule has 0 saturated carbocycles. The molecule has 1 unspecified atom stereocenters. The SMILES string of the molecule is CC(C)C(C)(CN)n1cccc1. The summed E-state index contributed by atoms with van der Waals surface area (Å²) in [6.45, 7) is 7.27. The van der Waals surface area contributed by atoms with Crippen molar-refractivity contribution >= 4 is 0 Å². The molecule has 0 aliphatic rings. The fraction of sp³-hybridized carbons (Fsp3) is 0.600. The molecule has 0 fully saturated rings. The lowest BCUT2D eigenvalue weighted by atomic mass is 9.88. The minimum Gasteiger partial charge on any atom is -0.347 e. The molecule has 2 heteroatoms. The van der Waals surface area contributed by atoms with Crippen LogP contribution in [0.5, 0.6) is 0 Å².